The van der Waals surface area contributed by atoms with Gasteiger partial charge in [-0.15, -0.1) is 11.3 Å². The van der Waals surface area contributed by atoms with Crippen molar-refractivity contribution in [3.8, 4) is 0 Å². The Morgan fingerprint density at radius 3 is 2.85 bits per heavy atom. The molecule has 2 N–H and O–H groups in total. The van der Waals surface area contributed by atoms with Gasteiger partial charge in [-0.05, 0) is 37.7 Å². The van der Waals surface area contributed by atoms with E-state index in [1.807, 2.05) is 0 Å². The summed E-state index contributed by atoms with van der Waals surface area (Å²) >= 11 is 1.51. The Bertz CT molecular complexity index is 897. The summed E-state index contributed by atoms with van der Waals surface area (Å²) < 4.78 is 10.7. The number of thiophene rings is 1. The minimum Gasteiger partial charge on any atom is -0.376 e. The van der Waals surface area contributed by atoms with Gasteiger partial charge in [0.25, 0.3) is 11.8 Å². The second kappa shape index (κ2) is 6.21. The van der Waals surface area contributed by atoms with Crippen LogP contribution in [0.2, 0.25) is 0 Å². The van der Waals surface area contributed by atoms with Crippen molar-refractivity contribution in [2.45, 2.75) is 51.2 Å². The molecule has 0 aromatic carbocycles. The number of rotatable bonds is 4. The molecule has 1 saturated carbocycles. The maximum Gasteiger partial charge on any atom is 0.278 e. The fraction of sp³-hybridized carbons (Fsp3) is 0.500. The lowest BCUT2D eigenvalue weighted by Crippen LogP contribution is -2.27. The van der Waals surface area contributed by atoms with Crippen LogP contribution >= 0.6 is 11.3 Å². The third kappa shape index (κ3) is 2.73. The van der Waals surface area contributed by atoms with E-state index in [9.17, 15) is 9.59 Å². The number of carbonyl (C=O) groups is 2. The zero-order chi connectivity index (χ0) is 17.7. The van der Waals surface area contributed by atoms with Crippen molar-refractivity contribution >= 4 is 28.2 Å². The molecule has 2 aliphatic carbocycles. The van der Waals surface area contributed by atoms with Crippen molar-refractivity contribution in [1.82, 2.24) is 10.5 Å². The molecule has 0 unspecified atom stereocenters. The Morgan fingerprint density at radius 2 is 2.00 bits per heavy atom. The molecule has 8 heteroatoms. The van der Waals surface area contributed by atoms with E-state index in [4.69, 9.17) is 9.26 Å². The molecule has 136 valence electrons. The number of aryl methyl sites for hydroxylation is 1. The molecular formula is C18H19N3O4S. The van der Waals surface area contributed by atoms with Gasteiger partial charge in [-0.25, -0.2) is 0 Å². The summed E-state index contributed by atoms with van der Waals surface area (Å²) in [5.41, 5.74) is 2.69. The maximum atomic E-state index is 12.8. The quantitative estimate of drug-likeness (QED) is 0.859. The SMILES string of the molecule is O=C(Nc1sc2c(c1C(=O)NC1CC1)CCC2)c1noc2c1COCC2. The van der Waals surface area contributed by atoms with E-state index in [-0.39, 0.29) is 23.6 Å². The molecule has 7 nitrogen and oxygen atoms in total. The first kappa shape index (κ1) is 16.0. The van der Waals surface area contributed by atoms with E-state index in [2.05, 4.69) is 15.8 Å². The normalized spacial score (nSPS) is 18.3. The van der Waals surface area contributed by atoms with E-state index in [1.165, 1.54) is 16.2 Å². The molecule has 0 spiro atoms. The Kier molecular flexibility index (Phi) is 3.82. The van der Waals surface area contributed by atoms with E-state index in [1.54, 1.807) is 0 Å². The van der Waals surface area contributed by atoms with Gasteiger partial charge >= 0.3 is 0 Å². The van der Waals surface area contributed by atoms with Crippen LogP contribution in [0, 0.1) is 0 Å². The minimum atomic E-state index is -0.346. The minimum absolute atomic E-state index is 0.0762. The highest BCUT2D eigenvalue weighted by Gasteiger charge is 2.32. The van der Waals surface area contributed by atoms with Crippen LogP contribution in [-0.2, 0) is 30.6 Å². The highest BCUT2D eigenvalue weighted by Crippen LogP contribution is 2.40. The molecular weight excluding hydrogens is 354 g/mol. The van der Waals surface area contributed by atoms with E-state index in [0.717, 1.165) is 37.7 Å². The largest absolute Gasteiger partial charge is 0.376 e. The van der Waals surface area contributed by atoms with Crippen molar-refractivity contribution in [3.63, 3.8) is 0 Å². The Labute approximate surface area is 154 Å². The second-order valence-corrected chi connectivity index (χ2v) is 8.10. The van der Waals surface area contributed by atoms with E-state index < -0.39 is 0 Å². The van der Waals surface area contributed by atoms with Crippen LogP contribution in [0.4, 0.5) is 5.00 Å². The van der Waals surface area contributed by atoms with Crippen LogP contribution in [0.1, 0.15) is 61.9 Å². The molecule has 2 aromatic rings. The lowest BCUT2D eigenvalue weighted by molar-refractivity contribution is 0.0951. The number of ether oxygens (including phenoxy) is 1. The van der Waals surface area contributed by atoms with Crippen LogP contribution in [0.15, 0.2) is 4.52 Å². The molecule has 5 rings (SSSR count). The summed E-state index contributed by atoms with van der Waals surface area (Å²) in [6.45, 7) is 0.907. The zero-order valence-corrected chi connectivity index (χ0v) is 15.0. The summed E-state index contributed by atoms with van der Waals surface area (Å²) in [6, 6.07) is 0.280. The smallest absolute Gasteiger partial charge is 0.278 e. The number of carbonyl (C=O) groups excluding carboxylic acids is 2. The van der Waals surface area contributed by atoms with E-state index in [0.29, 0.717) is 41.5 Å². The molecule has 2 amide bonds. The van der Waals surface area contributed by atoms with Crippen LogP contribution < -0.4 is 10.6 Å². The van der Waals surface area contributed by atoms with Crippen LogP contribution in [0.3, 0.4) is 0 Å². The third-order valence-corrected chi connectivity index (χ3v) is 6.30. The molecule has 0 saturated heterocycles. The Morgan fingerprint density at radius 1 is 1.12 bits per heavy atom. The number of hydrogen-bond acceptors (Lipinski definition) is 6. The fourth-order valence-corrected chi connectivity index (χ4v) is 4.87. The first-order chi connectivity index (χ1) is 12.7. The Balaban J connectivity index is 1.44. The van der Waals surface area contributed by atoms with Crippen molar-refractivity contribution in [2.75, 3.05) is 11.9 Å². The topological polar surface area (TPSA) is 93.5 Å². The number of hydrogen-bond donors (Lipinski definition) is 2. The fourth-order valence-electron chi connectivity index (χ4n) is 3.59. The maximum absolute atomic E-state index is 12.8. The molecule has 26 heavy (non-hydrogen) atoms. The highest BCUT2D eigenvalue weighted by molar-refractivity contribution is 7.17. The summed E-state index contributed by atoms with van der Waals surface area (Å²) in [6.07, 6.45) is 5.61. The van der Waals surface area contributed by atoms with Gasteiger partial charge in [-0.1, -0.05) is 5.16 Å². The molecule has 2 aromatic heterocycles. The predicted molar refractivity (Wildman–Crippen MR) is 94.6 cm³/mol. The number of nitrogens with one attached hydrogen (secondary N) is 2. The average molecular weight is 373 g/mol. The van der Waals surface area contributed by atoms with Crippen molar-refractivity contribution in [1.29, 1.82) is 0 Å². The molecule has 1 aliphatic heterocycles. The standard InChI is InChI=1S/C18H19N3O4S/c22-16(19-9-4-5-9)14-10-2-1-3-13(10)26-18(14)20-17(23)15-11-8-24-7-6-12(11)25-21-15/h9H,1-8H2,(H,19,22)(H,20,23). The van der Waals surface area contributed by atoms with Crippen LogP contribution in [-0.4, -0.2) is 29.6 Å². The average Bonchev–Trinajstić information content (AvgIpc) is 3.05. The molecule has 3 heterocycles. The third-order valence-electron chi connectivity index (χ3n) is 5.09. The summed E-state index contributed by atoms with van der Waals surface area (Å²) in [4.78, 5) is 26.7. The van der Waals surface area contributed by atoms with E-state index >= 15 is 0 Å². The number of fused-ring (bicyclic) bond motifs is 2. The van der Waals surface area contributed by atoms with Crippen LogP contribution in [0.5, 0.6) is 0 Å². The number of aromatic nitrogens is 1. The van der Waals surface area contributed by atoms with Gasteiger partial charge in [0.15, 0.2) is 5.69 Å². The molecule has 0 radical (unpaired) electrons. The summed E-state index contributed by atoms with van der Waals surface area (Å²) in [5, 5.41) is 10.5. The van der Waals surface area contributed by atoms with Crippen molar-refractivity contribution in [2.24, 2.45) is 0 Å². The number of amides is 2. The molecule has 0 atom stereocenters. The van der Waals surface area contributed by atoms with Gasteiger partial charge in [0.2, 0.25) is 0 Å². The number of nitrogens with zero attached hydrogens (tertiary/aromatic N) is 1. The monoisotopic (exact) mass is 373 g/mol. The first-order valence-electron chi connectivity index (χ1n) is 9.02. The zero-order valence-electron chi connectivity index (χ0n) is 14.2. The van der Waals surface area contributed by atoms with Gasteiger partial charge in [-0.3, -0.25) is 9.59 Å². The lowest BCUT2D eigenvalue weighted by Gasteiger charge is -2.11. The lowest BCUT2D eigenvalue weighted by atomic mass is 10.1. The van der Waals surface area contributed by atoms with Gasteiger partial charge in [0, 0.05) is 17.3 Å². The van der Waals surface area contributed by atoms with Crippen LogP contribution in [0.25, 0.3) is 0 Å². The van der Waals surface area contributed by atoms with Crippen molar-refractivity contribution in [3.05, 3.63) is 33.0 Å². The molecule has 1 fully saturated rings. The predicted octanol–water partition coefficient (Wildman–Crippen LogP) is 2.44. The summed E-state index contributed by atoms with van der Waals surface area (Å²) in [5.74, 6) is 0.287. The number of anilines is 1. The summed E-state index contributed by atoms with van der Waals surface area (Å²) in [7, 11) is 0. The molecule has 0 bridgehead atoms. The molecule has 3 aliphatic rings. The van der Waals surface area contributed by atoms with Gasteiger partial charge in [0.1, 0.15) is 10.8 Å². The first-order valence-corrected chi connectivity index (χ1v) is 9.84. The van der Waals surface area contributed by atoms with Crippen molar-refractivity contribution < 1.29 is 18.8 Å². The highest BCUT2D eigenvalue weighted by atomic mass is 32.1. The van der Waals surface area contributed by atoms with Gasteiger partial charge < -0.3 is 19.9 Å². The van der Waals surface area contributed by atoms with Gasteiger partial charge in [-0.2, -0.15) is 0 Å². The Hall–Kier alpha value is -2.19. The second-order valence-electron chi connectivity index (χ2n) is 7.00. The van der Waals surface area contributed by atoms with Gasteiger partial charge in [0.05, 0.1) is 24.3 Å².